The number of ether oxygens (including phenoxy) is 2. The van der Waals surface area contributed by atoms with E-state index in [4.69, 9.17) is 4.74 Å². The van der Waals surface area contributed by atoms with E-state index in [-0.39, 0.29) is 11.6 Å². The standard InChI is InChI=1S/C14H11BrFNO3/c1-8-10(14(18)19-2)4-6-13(17-8)20-12-7-9(15)3-5-11(12)16/h3-7H,1-2H3. The van der Waals surface area contributed by atoms with E-state index in [0.29, 0.717) is 15.7 Å². The Balaban J connectivity index is 2.29. The number of esters is 1. The summed E-state index contributed by atoms with van der Waals surface area (Å²) in [6.45, 7) is 1.65. The Kier molecular flexibility index (Phi) is 4.34. The molecule has 0 aliphatic heterocycles. The lowest BCUT2D eigenvalue weighted by Crippen LogP contribution is -2.05. The van der Waals surface area contributed by atoms with Crippen LogP contribution in [0.5, 0.6) is 11.6 Å². The zero-order valence-corrected chi connectivity index (χ0v) is 12.4. The monoisotopic (exact) mass is 339 g/mol. The van der Waals surface area contributed by atoms with Gasteiger partial charge in [-0.25, -0.2) is 14.2 Å². The molecule has 0 aliphatic carbocycles. The number of aryl methyl sites for hydroxylation is 1. The zero-order chi connectivity index (χ0) is 14.7. The Bertz CT molecular complexity index is 661. The molecule has 0 spiro atoms. The van der Waals surface area contributed by atoms with Crippen LogP contribution in [0.2, 0.25) is 0 Å². The summed E-state index contributed by atoms with van der Waals surface area (Å²) in [7, 11) is 1.29. The van der Waals surface area contributed by atoms with Gasteiger partial charge in [-0.3, -0.25) is 0 Å². The predicted molar refractivity (Wildman–Crippen MR) is 74.5 cm³/mol. The number of hydrogen-bond donors (Lipinski definition) is 0. The highest BCUT2D eigenvalue weighted by atomic mass is 79.9. The Labute approximate surface area is 123 Å². The lowest BCUT2D eigenvalue weighted by molar-refractivity contribution is 0.0599. The van der Waals surface area contributed by atoms with Crippen molar-refractivity contribution in [3.63, 3.8) is 0 Å². The van der Waals surface area contributed by atoms with Gasteiger partial charge in [0.1, 0.15) is 0 Å². The van der Waals surface area contributed by atoms with Crippen molar-refractivity contribution in [3.8, 4) is 11.6 Å². The van der Waals surface area contributed by atoms with Gasteiger partial charge in [-0.05, 0) is 31.2 Å². The van der Waals surface area contributed by atoms with Crippen molar-refractivity contribution in [3.05, 3.63) is 51.9 Å². The van der Waals surface area contributed by atoms with Gasteiger partial charge in [-0.15, -0.1) is 0 Å². The fraction of sp³-hybridized carbons (Fsp3) is 0.143. The molecule has 6 heteroatoms. The van der Waals surface area contributed by atoms with Gasteiger partial charge in [0.2, 0.25) is 5.88 Å². The molecule has 1 aromatic heterocycles. The molecule has 0 atom stereocenters. The van der Waals surface area contributed by atoms with Crippen molar-refractivity contribution < 1.29 is 18.7 Å². The lowest BCUT2D eigenvalue weighted by Gasteiger charge is -2.08. The van der Waals surface area contributed by atoms with Crippen LogP contribution in [-0.4, -0.2) is 18.1 Å². The minimum absolute atomic E-state index is 0.0529. The molecule has 2 aromatic rings. The first-order chi connectivity index (χ1) is 9.51. The molecular weight excluding hydrogens is 329 g/mol. The maximum atomic E-state index is 13.6. The normalized spacial score (nSPS) is 10.2. The van der Waals surface area contributed by atoms with Crippen molar-refractivity contribution in [2.45, 2.75) is 6.92 Å². The highest BCUT2D eigenvalue weighted by molar-refractivity contribution is 9.10. The summed E-state index contributed by atoms with van der Waals surface area (Å²) < 4.78 is 24.3. The second-order valence-corrected chi connectivity index (χ2v) is 4.87. The average Bonchev–Trinajstić information content (AvgIpc) is 2.42. The molecule has 2 rings (SSSR count). The van der Waals surface area contributed by atoms with Crippen LogP contribution in [0.4, 0.5) is 4.39 Å². The molecule has 0 N–H and O–H groups in total. The predicted octanol–water partition coefficient (Wildman–Crippen LogP) is 3.87. The van der Waals surface area contributed by atoms with Gasteiger partial charge in [0, 0.05) is 10.5 Å². The largest absolute Gasteiger partial charge is 0.465 e. The Morgan fingerprint density at radius 2 is 2.05 bits per heavy atom. The molecule has 104 valence electrons. The maximum absolute atomic E-state index is 13.6. The van der Waals surface area contributed by atoms with Crippen molar-refractivity contribution >= 4 is 21.9 Å². The van der Waals surface area contributed by atoms with E-state index < -0.39 is 11.8 Å². The SMILES string of the molecule is COC(=O)c1ccc(Oc2cc(Br)ccc2F)nc1C. The molecular formula is C14H11BrFNO3. The van der Waals surface area contributed by atoms with Gasteiger partial charge < -0.3 is 9.47 Å². The van der Waals surface area contributed by atoms with Crippen LogP contribution < -0.4 is 4.74 Å². The fourth-order valence-corrected chi connectivity index (χ4v) is 1.93. The second-order valence-electron chi connectivity index (χ2n) is 3.95. The number of pyridine rings is 1. The molecule has 0 amide bonds. The fourth-order valence-electron chi connectivity index (χ4n) is 1.59. The van der Waals surface area contributed by atoms with Gasteiger partial charge in [0.05, 0.1) is 18.4 Å². The summed E-state index contributed by atoms with van der Waals surface area (Å²) in [6, 6.07) is 7.37. The van der Waals surface area contributed by atoms with E-state index in [9.17, 15) is 9.18 Å². The summed E-state index contributed by atoms with van der Waals surface area (Å²) in [5.74, 6) is -0.718. The molecule has 1 heterocycles. The lowest BCUT2D eigenvalue weighted by atomic mass is 10.2. The van der Waals surface area contributed by atoms with Crippen LogP contribution in [0.1, 0.15) is 16.1 Å². The van der Waals surface area contributed by atoms with Crippen LogP contribution in [-0.2, 0) is 4.74 Å². The van der Waals surface area contributed by atoms with Gasteiger partial charge in [-0.2, -0.15) is 0 Å². The van der Waals surface area contributed by atoms with Gasteiger partial charge in [0.15, 0.2) is 11.6 Å². The van der Waals surface area contributed by atoms with Crippen LogP contribution in [0, 0.1) is 12.7 Å². The average molecular weight is 340 g/mol. The van der Waals surface area contributed by atoms with Gasteiger partial charge in [0.25, 0.3) is 0 Å². The van der Waals surface area contributed by atoms with E-state index >= 15 is 0 Å². The molecule has 0 aliphatic rings. The third kappa shape index (κ3) is 3.14. The third-order valence-electron chi connectivity index (χ3n) is 2.57. The first kappa shape index (κ1) is 14.5. The number of methoxy groups -OCH3 is 1. The molecule has 20 heavy (non-hydrogen) atoms. The van der Waals surface area contributed by atoms with E-state index in [0.717, 1.165) is 0 Å². The van der Waals surface area contributed by atoms with Crippen LogP contribution in [0.25, 0.3) is 0 Å². The zero-order valence-electron chi connectivity index (χ0n) is 10.8. The van der Waals surface area contributed by atoms with Crippen molar-refractivity contribution in [2.24, 2.45) is 0 Å². The van der Waals surface area contributed by atoms with Crippen LogP contribution >= 0.6 is 15.9 Å². The number of hydrogen-bond acceptors (Lipinski definition) is 4. The molecule has 0 unspecified atom stereocenters. The molecule has 4 nitrogen and oxygen atoms in total. The topological polar surface area (TPSA) is 48.4 Å². The van der Waals surface area contributed by atoms with E-state index in [1.54, 1.807) is 13.0 Å². The van der Waals surface area contributed by atoms with E-state index in [2.05, 4.69) is 25.7 Å². The summed E-state index contributed by atoms with van der Waals surface area (Å²) in [6.07, 6.45) is 0. The quantitative estimate of drug-likeness (QED) is 0.796. The van der Waals surface area contributed by atoms with Gasteiger partial charge in [-0.1, -0.05) is 15.9 Å². The Morgan fingerprint density at radius 3 is 2.70 bits per heavy atom. The smallest absolute Gasteiger partial charge is 0.339 e. The third-order valence-corrected chi connectivity index (χ3v) is 3.07. The first-order valence-electron chi connectivity index (χ1n) is 5.70. The Morgan fingerprint density at radius 1 is 1.30 bits per heavy atom. The molecule has 0 saturated heterocycles. The summed E-state index contributed by atoms with van der Waals surface area (Å²) in [5.41, 5.74) is 0.791. The van der Waals surface area contributed by atoms with E-state index in [1.807, 2.05) is 0 Å². The molecule has 0 radical (unpaired) electrons. The minimum Gasteiger partial charge on any atom is -0.465 e. The molecule has 0 bridgehead atoms. The number of halogens is 2. The van der Waals surface area contributed by atoms with Gasteiger partial charge >= 0.3 is 5.97 Å². The van der Waals surface area contributed by atoms with Crippen LogP contribution in [0.3, 0.4) is 0 Å². The minimum atomic E-state index is -0.496. The molecule has 0 fully saturated rings. The second kappa shape index (κ2) is 6.00. The maximum Gasteiger partial charge on any atom is 0.339 e. The highest BCUT2D eigenvalue weighted by Crippen LogP contribution is 2.27. The number of benzene rings is 1. The number of carbonyl (C=O) groups is 1. The number of nitrogens with zero attached hydrogens (tertiary/aromatic N) is 1. The van der Waals surface area contributed by atoms with Crippen LogP contribution in [0.15, 0.2) is 34.8 Å². The number of aromatic nitrogens is 1. The Hall–Kier alpha value is -1.95. The van der Waals surface area contributed by atoms with Crippen molar-refractivity contribution in [1.29, 1.82) is 0 Å². The summed E-state index contributed by atoms with van der Waals surface area (Å²) in [4.78, 5) is 15.5. The number of rotatable bonds is 3. The van der Waals surface area contributed by atoms with E-state index in [1.165, 1.54) is 31.4 Å². The number of carbonyl (C=O) groups excluding carboxylic acids is 1. The molecule has 0 saturated carbocycles. The molecule has 1 aromatic carbocycles. The highest BCUT2D eigenvalue weighted by Gasteiger charge is 2.12. The first-order valence-corrected chi connectivity index (χ1v) is 6.49. The summed E-state index contributed by atoms with van der Waals surface area (Å²) >= 11 is 3.24. The summed E-state index contributed by atoms with van der Waals surface area (Å²) in [5, 5.41) is 0. The van der Waals surface area contributed by atoms with Crippen molar-refractivity contribution in [2.75, 3.05) is 7.11 Å². The van der Waals surface area contributed by atoms with Crippen molar-refractivity contribution in [1.82, 2.24) is 4.98 Å².